The van der Waals surface area contributed by atoms with Crippen molar-refractivity contribution >= 4 is 0 Å². The number of aliphatic hydroxyl groups is 1. The Hall–Kier alpha value is -1.58. The minimum atomic E-state index is -0.419. The van der Waals surface area contributed by atoms with Gasteiger partial charge in [-0.1, -0.05) is 30.3 Å². The molecule has 0 aliphatic carbocycles. The molecule has 0 bridgehead atoms. The summed E-state index contributed by atoms with van der Waals surface area (Å²) in [6.45, 7) is 7.09. The molecular formula is C17H24N2O. The molecule has 1 aromatic heterocycles. The second-order valence-electron chi connectivity index (χ2n) is 5.67. The van der Waals surface area contributed by atoms with E-state index in [0.717, 1.165) is 12.1 Å². The highest BCUT2D eigenvalue weighted by Crippen LogP contribution is 2.21. The van der Waals surface area contributed by atoms with E-state index in [9.17, 15) is 5.11 Å². The van der Waals surface area contributed by atoms with E-state index in [2.05, 4.69) is 36.8 Å². The van der Waals surface area contributed by atoms with Gasteiger partial charge in [0.15, 0.2) is 0 Å². The molecule has 0 aliphatic heterocycles. The molecule has 1 aromatic carbocycles. The van der Waals surface area contributed by atoms with Crippen LogP contribution < -0.4 is 5.32 Å². The van der Waals surface area contributed by atoms with E-state index in [-0.39, 0.29) is 6.61 Å². The van der Waals surface area contributed by atoms with E-state index in [0.29, 0.717) is 0 Å². The lowest BCUT2D eigenvalue weighted by atomic mass is 9.92. The second kappa shape index (κ2) is 5.81. The molecule has 0 fully saturated rings. The van der Waals surface area contributed by atoms with Crippen LogP contribution in [0.25, 0.3) is 0 Å². The summed E-state index contributed by atoms with van der Waals surface area (Å²) in [5.41, 5.74) is 4.48. The fourth-order valence-corrected chi connectivity index (χ4v) is 2.46. The Labute approximate surface area is 121 Å². The van der Waals surface area contributed by atoms with Gasteiger partial charge in [0.25, 0.3) is 0 Å². The predicted molar refractivity (Wildman–Crippen MR) is 82.6 cm³/mol. The third-order valence-electron chi connectivity index (χ3n) is 4.28. The maximum atomic E-state index is 9.78. The molecule has 108 valence electrons. The molecule has 1 unspecified atom stereocenters. The second-order valence-corrected chi connectivity index (χ2v) is 5.67. The largest absolute Gasteiger partial charge is 0.394 e. The summed E-state index contributed by atoms with van der Waals surface area (Å²) in [7, 11) is 2.08. The van der Waals surface area contributed by atoms with Crippen LogP contribution in [0.1, 0.15) is 29.4 Å². The van der Waals surface area contributed by atoms with Gasteiger partial charge >= 0.3 is 0 Å². The zero-order valence-corrected chi connectivity index (χ0v) is 12.8. The highest BCUT2D eigenvalue weighted by atomic mass is 16.3. The van der Waals surface area contributed by atoms with Gasteiger partial charge in [0, 0.05) is 25.0 Å². The van der Waals surface area contributed by atoms with E-state index in [4.69, 9.17) is 0 Å². The summed E-state index contributed by atoms with van der Waals surface area (Å²) in [6, 6.07) is 12.3. The quantitative estimate of drug-likeness (QED) is 0.878. The molecular weight excluding hydrogens is 248 g/mol. The van der Waals surface area contributed by atoms with Crippen LogP contribution in [-0.2, 0) is 19.1 Å². The first-order valence-corrected chi connectivity index (χ1v) is 7.01. The Bertz CT molecular complexity index is 574. The van der Waals surface area contributed by atoms with Crippen LogP contribution in [-0.4, -0.2) is 16.3 Å². The standard InChI is InChI=1S/C17H24N2O/c1-13-10-15(14(2)19(13)4)11-18-17(3,12-20)16-8-6-5-7-9-16/h5-10,18,20H,11-12H2,1-4H3. The monoisotopic (exact) mass is 272 g/mol. The van der Waals surface area contributed by atoms with Crippen molar-refractivity contribution in [1.82, 2.24) is 9.88 Å². The minimum Gasteiger partial charge on any atom is -0.394 e. The Morgan fingerprint density at radius 2 is 1.85 bits per heavy atom. The Balaban J connectivity index is 2.17. The number of aliphatic hydroxyl groups excluding tert-OH is 1. The van der Waals surface area contributed by atoms with Crippen molar-refractivity contribution in [3.05, 3.63) is 58.9 Å². The summed E-state index contributed by atoms with van der Waals surface area (Å²) >= 11 is 0. The van der Waals surface area contributed by atoms with Crippen LogP contribution in [0.15, 0.2) is 36.4 Å². The molecule has 0 spiro atoms. The molecule has 20 heavy (non-hydrogen) atoms. The molecule has 0 amide bonds. The smallest absolute Gasteiger partial charge is 0.0652 e. The zero-order valence-electron chi connectivity index (χ0n) is 12.8. The molecule has 2 rings (SSSR count). The predicted octanol–water partition coefficient (Wildman–Crippen LogP) is 2.64. The van der Waals surface area contributed by atoms with Crippen molar-refractivity contribution in [2.75, 3.05) is 6.61 Å². The average molecular weight is 272 g/mol. The Kier molecular flexibility index (Phi) is 4.31. The maximum absolute atomic E-state index is 9.78. The van der Waals surface area contributed by atoms with Gasteiger partial charge in [0.2, 0.25) is 0 Å². The number of benzene rings is 1. The van der Waals surface area contributed by atoms with Crippen LogP contribution in [0.5, 0.6) is 0 Å². The third-order valence-corrected chi connectivity index (χ3v) is 4.28. The maximum Gasteiger partial charge on any atom is 0.0652 e. The topological polar surface area (TPSA) is 37.2 Å². The van der Waals surface area contributed by atoms with Crippen LogP contribution >= 0.6 is 0 Å². The van der Waals surface area contributed by atoms with Crippen LogP contribution in [0.4, 0.5) is 0 Å². The number of nitrogens with one attached hydrogen (secondary N) is 1. The van der Waals surface area contributed by atoms with Gasteiger partial charge in [-0.2, -0.15) is 0 Å². The van der Waals surface area contributed by atoms with Gasteiger partial charge in [0.05, 0.1) is 12.1 Å². The fourth-order valence-electron chi connectivity index (χ4n) is 2.46. The fraction of sp³-hybridized carbons (Fsp3) is 0.412. The third kappa shape index (κ3) is 2.79. The molecule has 3 heteroatoms. The van der Waals surface area contributed by atoms with Crippen LogP contribution in [0.2, 0.25) is 0 Å². The van der Waals surface area contributed by atoms with Crippen molar-refractivity contribution in [3.8, 4) is 0 Å². The lowest BCUT2D eigenvalue weighted by molar-refractivity contribution is 0.173. The summed E-state index contributed by atoms with van der Waals surface area (Å²) in [5, 5.41) is 13.3. The van der Waals surface area contributed by atoms with E-state index in [1.807, 2.05) is 37.3 Å². The SMILES string of the molecule is Cc1cc(CNC(C)(CO)c2ccccc2)c(C)n1C. The first kappa shape index (κ1) is 14.8. The normalized spacial score (nSPS) is 14.2. The summed E-state index contributed by atoms with van der Waals surface area (Å²) in [6.07, 6.45) is 0. The van der Waals surface area contributed by atoms with Gasteiger partial charge in [-0.3, -0.25) is 0 Å². The van der Waals surface area contributed by atoms with Gasteiger partial charge in [-0.25, -0.2) is 0 Å². The number of hydrogen-bond donors (Lipinski definition) is 2. The van der Waals surface area contributed by atoms with Crippen LogP contribution in [0.3, 0.4) is 0 Å². The van der Waals surface area contributed by atoms with E-state index in [1.54, 1.807) is 0 Å². The number of rotatable bonds is 5. The van der Waals surface area contributed by atoms with Gasteiger partial charge < -0.3 is 15.0 Å². The lowest BCUT2D eigenvalue weighted by Gasteiger charge is -2.29. The minimum absolute atomic E-state index is 0.0713. The Morgan fingerprint density at radius 1 is 1.20 bits per heavy atom. The van der Waals surface area contributed by atoms with Gasteiger partial charge in [-0.05, 0) is 38.0 Å². The van der Waals surface area contributed by atoms with E-state index >= 15 is 0 Å². The van der Waals surface area contributed by atoms with Crippen molar-refractivity contribution in [1.29, 1.82) is 0 Å². The number of hydrogen-bond acceptors (Lipinski definition) is 2. The molecule has 0 radical (unpaired) electrons. The number of nitrogens with zero attached hydrogens (tertiary/aromatic N) is 1. The molecule has 0 aliphatic rings. The van der Waals surface area contributed by atoms with E-state index < -0.39 is 5.54 Å². The van der Waals surface area contributed by atoms with Crippen molar-refractivity contribution in [2.45, 2.75) is 32.9 Å². The van der Waals surface area contributed by atoms with E-state index in [1.165, 1.54) is 17.0 Å². The molecule has 2 N–H and O–H groups in total. The van der Waals surface area contributed by atoms with Gasteiger partial charge in [0.1, 0.15) is 0 Å². The summed E-state index contributed by atoms with van der Waals surface area (Å²) < 4.78 is 2.19. The molecule has 1 heterocycles. The zero-order chi connectivity index (χ0) is 14.8. The highest BCUT2D eigenvalue weighted by Gasteiger charge is 2.25. The first-order valence-electron chi connectivity index (χ1n) is 7.01. The van der Waals surface area contributed by atoms with Crippen molar-refractivity contribution in [3.63, 3.8) is 0 Å². The molecule has 3 nitrogen and oxygen atoms in total. The van der Waals surface area contributed by atoms with Gasteiger partial charge in [-0.15, -0.1) is 0 Å². The molecule has 0 saturated carbocycles. The van der Waals surface area contributed by atoms with Crippen molar-refractivity contribution < 1.29 is 5.11 Å². The Morgan fingerprint density at radius 3 is 2.35 bits per heavy atom. The summed E-state index contributed by atoms with van der Waals surface area (Å²) in [5.74, 6) is 0. The lowest BCUT2D eigenvalue weighted by Crippen LogP contribution is -2.42. The number of aryl methyl sites for hydroxylation is 1. The highest BCUT2D eigenvalue weighted by molar-refractivity contribution is 5.28. The molecule has 1 atom stereocenters. The molecule has 0 saturated heterocycles. The number of aromatic nitrogens is 1. The average Bonchev–Trinajstić information content (AvgIpc) is 2.73. The van der Waals surface area contributed by atoms with Crippen molar-refractivity contribution in [2.24, 2.45) is 7.05 Å². The first-order chi connectivity index (χ1) is 9.48. The molecule has 2 aromatic rings. The van der Waals surface area contributed by atoms with Crippen LogP contribution in [0, 0.1) is 13.8 Å². The summed E-state index contributed by atoms with van der Waals surface area (Å²) in [4.78, 5) is 0.